The molecule has 1 saturated carbocycles. The van der Waals surface area contributed by atoms with Gasteiger partial charge in [-0.25, -0.2) is 0 Å². The van der Waals surface area contributed by atoms with Gasteiger partial charge >= 0.3 is 0 Å². The third kappa shape index (κ3) is 3.20. The maximum absolute atomic E-state index is 4.45. The lowest BCUT2D eigenvalue weighted by atomic mass is 9.78. The van der Waals surface area contributed by atoms with Crippen LogP contribution in [0.5, 0.6) is 0 Å². The second-order valence-corrected chi connectivity index (χ2v) is 7.03. The molecular formula is C19H26N2. The van der Waals surface area contributed by atoms with Crippen molar-refractivity contribution in [3.8, 4) is 0 Å². The quantitative estimate of drug-likeness (QED) is 0.809. The van der Waals surface area contributed by atoms with E-state index in [1.807, 2.05) is 6.20 Å². The number of rotatable bonds is 5. The largest absolute Gasteiger partial charge is 0.384 e. The Kier molecular flexibility index (Phi) is 4.14. The number of anilines is 1. The fourth-order valence-electron chi connectivity index (χ4n) is 3.98. The monoisotopic (exact) mass is 282 g/mol. The highest BCUT2D eigenvalue weighted by molar-refractivity contribution is 5.90. The number of nitrogens with zero attached hydrogens (tertiary/aromatic N) is 1. The molecule has 1 fully saturated rings. The van der Waals surface area contributed by atoms with E-state index >= 15 is 0 Å². The Morgan fingerprint density at radius 3 is 2.67 bits per heavy atom. The molecule has 0 amide bonds. The van der Waals surface area contributed by atoms with Crippen LogP contribution in [-0.2, 0) is 0 Å². The highest BCUT2D eigenvalue weighted by atomic mass is 14.9. The molecule has 2 nitrogen and oxygen atoms in total. The SMILES string of the molecule is CC(C)CC1(CNc2ccnc3ccccc23)CCCC1. The van der Waals surface area contributed by atoms with E-state index in [1.165, 1.54) is 43.2 Å². The number of pyridine rings is 1. The predicted octanol–water partition coefficient (Wildman–Crippen LogP) is 5.25. The normalized spacial score (nSPS) is 17.5. The molecule has 3 rings (SSSR count). The number of fused-ring (bicyclic) bond motifs is 1. The molecule has 0 atom stereocenters. The molecule has 1 aromatic heterocycles. The van der Waals surface area contributed by atoms with Crippen LogP contribution in [0, 0.1) is 11.3 Å². The van der Waals surface area contributed by atoms with Crippen molar-refractivity contribution in [2.45, 2.75) is 46.0 Å². The van der Waals surface area contributed by atoms with E-state index in [9.17, 15) is 0 Å². The first-order valence-corrected chi connectivity index (χ1v) is 8.26. The molecule has 0 unspecified atom stereocenters. The first-order valence-electron chi connectivity index (χ1n) is 8.26. The lowest BCUT2D eigenvalue weighted by Crippen LogP contribution is -2.28. The molecule has 0 radical (unpaired) electrons. The molecule has 1 aromatic carbocycles. The summed E-state index contributed by atoms with van der Waals surface area (Å²) in [7, 11) is 0. The average Bonchev–Trinajstić information content (AvgIpc) is 2.93. The third-order valence-electron chi connectivity index (χ3n) is 4.81. The van der Waals surface area contributed by atoms with Crippen molar-refractivity contribution in [3.63, 3.8) is 0 Å². The molecule has 0 aliphatic heterocycles. The summed E-state index contributed by atoms with van der Waals surface area (Å²) in [5.41, 5.74) is 2.81. The Hall–Kier alpha value is -1.57. The zero-order valence-corrected chi connectivity index (χ0v) is 13.2. The molecule has 2 heteroatoms. The van der Waals surface area contributed by atoms with Crippen molar-refractivity contribution in [2.24, 2.45) is 11.3 Å². The molecule has 0 spiro atoms. The Bertz CT molecular complexity index is 592. The highest BCUT2D eigenvalue weighted by Crippen LogP contribution is 2.43. The van der Waals surface area contributed by atoms with Gasteiger partial charge < -0.3 is 5.32 Å². The minimum absolute atomic E-state index is 0.499. The Morgan fingerprint density at radius 1 is 1.14 bits per heavy atom. The van der Waals surface area contributed by atoms with Gasteiger partial charge in [0.2, 0.25) is 0 Å². The minimum atomic E-state index is 0.499. The van der Waals surface area contributed by atoms with Gasteiger partial charge in [-0.15, -0.1) is 0 Å². The van der Waals surface area contributed by atoms with Crippen LogP contribution in [0.25, 0.3) is 10.9 Å². The van der Waals surface area contributed by atoms with Gasteiger partial charge in [0.05, 0.1) is 5.52 Å². The summed E-state index contributed by atoms with van der Waals surface area (Å²) in [5.74, 6) is 0.777. The number of aromatic nitrogens is 1. The van der Waals surface area contributed by atoms with Gasteiger partial charge in [-0.3, -0.25) is 4.98 Å². The van der Waals surface area contributed by atoms with Crippen molar-refractivity contribution in [1.82, 2.24) is 4.98 Å². The summed E-state index contributed by atoms with van der Waals surface area (Å²) in [4.78, 5) is 4.45. The maximum atomic E-state index is 4.45. The number of para-hydroxylation sites is 1. The van der Waals surface area contributed by atoms with Crippen molar-refractivity contribution >= 4 is 16.6 Å². The summed E-state index contributed by atoms with van der Waals surface area (Å²) in [6.45, 7) is 5.79. The number of hydrogen-bond acceptors (Lipinski definition) is 2. The van der Waals surface area contributed by atoms with Gasteiger partial charge in [-0.05, 0) is 42.7 Å². The molecule has 0 bridgehead atoms. The Balaban J connectivity index is 1.79. The van der Waals surface area contributed by atoms with Crippen molar-refractivity contribution in [3.05, 3.63) is 36.5 Å². The van der Waals surface area contributed by atoms with Crippen LogP contribution in [0.1, 0.15) is 46.0 Å². The van der Waals surface area contributed by atoms with Crippen LogP contribution in [0.4, 0.5) is 5.69 Å². The molecule has 1 N–H and O–H groups in total. The molecule has 2 aromatic rings. The second kappa shape index (κ2) is 6.05. The summed E-state index contributed by atoms with van der Waals surface area (Å²) in [6.07, 6.45) is 8.79. The smallest absolute Gasteiger partial charge is 0.0722 e. The third-order valence-corrected chi connectivity index (χ3v) is 4.81. The van der Waals surface area contributed by atoms with Crippen molar-refractivity contribution < 1.29 is 0 Å². The number of hydrogen-bond donors (Lipinski definition) is 1. The zero-order chi connectivity index (χ0) is 14.7. The lowest BCUT2D eigenvalue weighted by molar-refractivity contribution is 0.252. The van der Waals surface area contributed by atoms with E-state index in [1.54, 1.807) is 0 Å². The first kappa shape index (κ1) is 14.4. The molecule has 112 valence electrons. The van der Waals surface area contributed by atoms with E-state index < -0.39 is 0 Å². The van der Waals surface area contributed by atoms with Gasteiger partial charge in [0, 0.05) is 23.8 Å². The van der Waals surface area contributed by atoms with Crippen LogP contribution in [0.3, 0.4) is 0 Å². The van der Waals surface area contributed by atoms with E-state index in [-0.39, 0.29) is 0 Å². The minimum Gasteiger partial charge on any atom is -0.384 e. The molecule has 1 aliphatic carbocycles. The van der Waals surface area contributed by atoms with Gasteiger partial charge in [-0.2, -0.15) is 0 Å². The summed E-state index contributed by atoms with van der Waals surface area (Å²) >= 11 is 0. The fraction of sp³-hybridized carbons (Fsp3) is 0.526. The zero-order valence-electron chi connectivity index (χ0n) is 13.2. The van der Waals surface area contributed by atoms with Crippen molar-refractivity contribution in [1.29, 1.82) is 0 Å². The van der Waals surface area contributed by atoms with E-state index in [2.05, 4.69) is 54.5 Å². The lowest BCUT2D eigenvalue weighted by Gasteiger charge is -2.31. The second-order valence-electron chi connectivity index (χ2n) is 7.03. The van der Waals surface area contributed by atoms with Crippen LogP contribution in [-0.4, -0.2) is 11.5 Å². The number of nitrogens with one attached hydrogen (secondary N) is 1. The van der Waals surface area contributed by atoms with E-state index in [4.69, 9.17) is 0 Å². The van der Waals surface area contributed by atoms with E-state index in [0.717, 1.165) is 18.0 Å². The van der Waals surface area contributed by atoms with Crippen molar-refractivity contribution in [2.75, 3.05) is 11.9 Å². The Morgan fingerprint density at radius 2 is 1.90 bits per heavy atom. The molecular weight excluding hydrogens is 256 g/mol. The van der Waals surface area contributed by atoms with Gasteiger partial charge in [0.25, 0.3) is 0 Å². The molecule has 1 aliphatic rings. The van der Waals surface area contributed by atoms with Gasteiger partial charge in [0.1, 0.15) is 0 Å². The first-order chi connectivity index (χ1) is 10.2. The predicted molar refractivity (Wildman–Crippen MR) is 90.6 cm³/mol. The maximum Gasteiger partial charge on any atom is 0.0722 e. The molecule has 1 heterocycles. The summed E-state index contributed by atoms with van der Waals surface area (Å²) in [6, 6.07) is 10.5. The Labute approximate surface area is 128 Å². The topological polar surface area (TPSA) is 24.9 Å². The standard InChI is InChI=1S/C19H26N2/c1-15(2)13-19(10-5-6-11-19)14-21-18-9-12-20-17-8-4-3-7-16(17)18/h3-4,7-9,12,15H,5-6,10-11,13-14H2,1-2H3,(H,20,21). The molecule has 0 saturated heterocycles. The van der Waals surface area contributed by atoms with Crippen LogP contribution in [0.2, 0.25) is 0 Å². The van der Waals surface area contributed by atoms with Gasteiger partial charge in [-0.1, -0.05) is 44.9 Å². The summed E-state index contributed by atoms with van der Waals surface area (Å²) in [5, 5.41) is 4.97. The van der Waals surface area contributed by atoms with Crippen LogP contribution in [0.15, 0.2) is 36.5 Å². The van der Waals surface area contributed by atoms with E-state index in [0.29, 0.717) is 5.41 Å². The van der Waals surface area contributed by atoms with Gasteiger partial charge in [0.15, 0.2) is 0 Å². The summed E-state index contributed by atoms with van der Waals surface area (Å²) < 4.78 is 0. The van der Waals surface area contributed by atoms with Crippen LogP contribution >= 0.6 is 0 Å². The highest BCUT2D eigenvalue weighted by Gasteiger charge is 2.34. The molecule has 21 heavy (non-hydrogen) atoms. The average molecular weight is 282 g/mol. The fourth-order valence-corrected chi connectivity index (χ4v) is 3.98. The van der Waals surface area contributed by atoms with Crippen LogP contribution < -0.4 is 5.32 Å². The number of benzene rings is 1.